The van der Waals surface area contributed by atoms with Crippen LogP contribution in [0.5, 0.6) is 17.2 Å². The van der Waals surface area contributed by atoms with E-state index in [0.29, 0.717) is 28.6 Å². The fourth-order valence-corrected chi connectivity index (χ4v) is 2.90. The average Bonchev–Trinajstić information content (AvgIpc) is 3.22. The quantitative estimate of drug-likeness (QED) is 0.606. The number of aryl methyl sites for hydroxylation is 2. The van der Waals surface area contributed by atoms with Gasteiger partial charge in [0.1, 0.15) is 17.2 Å². The molecule has 1 aromatic heterocycles. The number of hydrogen-bond donors (Lipinski definition) is 1. The summed E-state index contributed by atoms with van der Waals surface area (Å²) in [4.78, 5) is 16.7. The molecular formula is C22H25N3O5. The lowest BCUT2D eigenvalue weighted by Gasteiger charge is -2.16. The van der Waals surface area contributed by atoms with Gasteiger partial charge in [0.05, 0.1) is 26.3 Å². The molecule has 0 unspecified atom stereocenters. The average molecular weight is 411 g/mol. The molecule has 0 bridgehead atoms. The first-order chi connectivity index (χ1) is 14.4. The molecule has 0 aliphatic rings. The smallest absolute Gasteiger partial charge is 0.261 e. The fourth-order valence-electron chi connectivity index (χ4n) is 2.90. The lowest BCUT2D eigenvalue weighted by molar-refractivity contribution is -0.127. The number of amides is 1. The fraction of sp³-hybridized carbons (Fsp3) is 0.318. The minimum absolute atomic E-state index is 0.0882. The molecule has 0 aliphatic heterocycles. The highest BCUT2D eigenvalue weighted by atomic mass is 16.5. The predicted octanol–water partition coefficient (Wildman–Crippen LogP) is 3.45. The zero-order valence-electron chi connectivity index (χ0n) is 17.7. The van der Waals surface area contributed by atoms with Crippen molar-refractivity contribution < 1.29 is 23.5 Å². The van der Waals surface area contributed by atoms with Crippen molar-refractivity contribution >= 4 is 5.91 Å². The third-order valence-corrected chi connectivity index (χ3v) is 4.53. The lowest BCUT2D eigenvalue weighted by atomic mass is 10.1. The summed E-state index contributed by atoms with van der Waals surface area (Å²) >= 11 is 0. The molecule has 2 aromatic carbocycles. The Labute approximate surface area is 175 Å². The summed E-state index contributed by atoms with van der Waals surface area (Å²) in [6.45, 7) is 5.73. The molecule has 1 atom stereocenters. The van der Waals surface area contributed by atoms with Crippen molar-refractivity contribution in [2.45, 2.75) is 33.4 Å². The van der Waals surface area contributed by atoms with Crippen molar-refractivity contribution in [3.05, 3.63) is 53.4 Å². The highest BCUT2D eigenvalue weighted by molar-refractivity contribution is 5.80. The van der Waals surface area contributed by atoms with Crippen LogP contribution in [0, 0.1) is 13.8 Å². The van der Waals surface area contributed by atoms with Crippen molar-refractivity contribution in [2.24, 2.45) is 0 Å². The number of nitrogens with zero attached hydrogens (tertiary/aromatic N) is 2. The molecule has 1 N–H and O–H groups in total. The summed E-state index contributed by atoms with van der Waals surface area (Å²) in [5.41, 5.74) is 2.77. The highest BCUT2D eigenvalue weighted by Crippen LogP contribution is 2.31. The van der Waals surface area contributed by atoms with E-state index in [2.05, 4.69) is 15.5 Å². The molecule has 0 fully saturated rings. The van der Waals surface area contributed by atoms with Crippen molar-refractivity contribution in [2.75, 3.05) is 14.2 Å². The van der Waals surface area contributed by atoms with E-state index in [-0.39, 0.29) is 18.3 Å². The first kappa shape index (κ1) is 21.2. The number of hydrogen-bond acceptors (Lipinski definition) is 7. The third kappa shape index (κ3) is 4.89. The minimum atomic E-state index is -0.671. The van der Waals surface area contributed by atoms with Gasteiger partial charge in [-0.25, -0.2) is 0 Å². The number of carbonyl (C=O) groups excluding carboxylic acids is 1. The van der Waals surface area contributed by atoms with Gasteiger partial charge in [-0.3, -0.25) is 4.79 Å². The predicted molar refractivity (Wildman–Crippen MR) is 111 cm³/mol. The van der Waals surface area contributed by atoms with Gasteiger partial charge in [-0.15, -0.1) is 0 Å². The lowest BCUT2D eigenvalue weighted by Crippen LogP contribution is -2.36. The highest BCUT2D eigenvalue weighted by Gasteiger charge is 2.18. The van der Waals surface area contributed by atoms with Crippen LogP contribution in [0.2, 0.25) is 0 Å². The van der Waals surface area contributed by atoms with Gasteiger partial charge in [0.25, 0.3) is 5.91 Å². The summed E-state index contributed by atoms with van der Waals surface area (Å²) in [6, 6.07) is 11.1. The number of nitrogens with one attached hydrogen (secondary N) is 1. The van der Waals surface area contributed by atoms with Gasteiger partial charge < -0.3 is 24.1 Å². The number of benzene rings is 2. The van der Waals surface area contributed by atoms with Crippen LogP contribution in [0.25, 0.3) is 11.4 Å². The molecule has 3 aromatic rings. The van der Waals surface area contributed by atoms with Gasteiger partial charge in [-0.1, -0.05) is 22.9 Å². The van der Waals surface area contributed by atoms with E-state index in [1.807, 2.05) is 32.0 Å². The van der Waals surface area contributed by atoms with Crippen LogP contribution in [-0.4, -0.2) is 36.4 Å². The molecule has 1 heterocycles. The van der Waals surface area contributed by atoms with Gasteiger partial charge >= 0.3 is 0 Å². The van der Waals surface area contributed by atoms with Gasteiger partial charge in [-0.05, 0) is 44.5 Å². The topological polar surface area (TPSA) is 95.7 Å². The number of aromatic nitrogens is 2. The number of carbonyl (C=O) groups is 1. The maximum atomic E-state index is 12.4. The number of methoxy groups -OCH3 is 2. The first-order valence-electron chi connectivity index (χ1n) is 9.48. The molecule has 158 valence electrons. The first-order valence-corrected chi connectivity index (χ1v) is 9.48. The molecule has 0 radical (unpaired) electrons. The molecule has 0 aliphatic carbocycles. The second kappa shape index (κ2) is 9.30. The Balaban J connectivity index is 1.61. The van der Waals surface area contributed by atoms with E-state index in [4.69, 9.17) is 18.7 Å². The van der Waals surface area contributed by atoms with Crippen molar-refractivity contribution in [1.82, 2.24) is 15.5 Å². The zero-order valence-corrected chi connectivity index (χ0v) is 17.7. The summed E-state index contributed by atoms with van der Waals surface area (Å²) in [6.07, 6.45) is -0.671. The van der Waals surface area contributed by atoms with Crippen LogP contribution in [0.3, 0.4) is 0 Å². The minimum Gasteiger partial charge on any atom is -0.497 e. The van der Waals surface area contributed by atoms with E-state index in [0.717, 1.165) is 11.1 Å². The van der Waals surface area contributed by atoms with Crippen LogP contribution < -0.4 is 19.5 Å². The Morgan fingerprint density at radius 3 is 2.60 bits per heavy atom. The Morgan fingerprint density at radius 2 is 1.90 bits per heavy atom. The third-order valence-electron chi connectivity index (χ3n) is 4.53. The van der Waals surface area contributed by atoms with Crippen molar-refractivity contribution in [1.29, 1.82) is 0 Å². The van der Waals surface area contributed by atoms with Crippen LogP contribution in [0.1, 0.15) is 23.9 Å². The molecule has 1 amide bonds. The van der Waals surface area contributed by atoms with Gasteiger partial charge in [-0.2, -0.15) is 4.98 Å². The van der Waals surface area contributed by atoms with Gasteiger partial charge in [0.15, 0.2) is 6.10 Å². The normalized spacial score (nSPS) is 11.6. The maximum absolute atomic E-state index is 12.4. The Morgan fingerprint density at radius 1 is 1.10 bits per heavy atom. The maximum Gasteiger partial charge on any atom is 0.261 e. The number of ether oxygens (including phenoxy) is 3. The Kier molecular flexibility index (Phi) is 6.56. The van der Waals surface area contributed by atoms with Gasteiger partial charge in [0.2, 0.25) is 11.7 Å². The molecule has 0 saturated carbocycles. The molecule has 8 heteroatoms. The SMILES string of the molecule is COc1ccc(-c2noc(CNC(=O)[C@H](C)Oc3ccc(C)cc3C)n2)c(OC)c1. The van der Waals surface area contributed by atoms with Crippen LogP contribution in [-0.2, 0) is 11.3 Å². The van der Waals surface area contributed by atoms with E-state index < -0.39 is 6.10 Å². The van der Waals surface area contributed by atoms with Crippen molar-refractivity contribution in [3.63, 3.8) is 0 Å². The van der Waals surface area contributed by atoms with Crippen LogP contribution >= 0.6 is 0 Å². The van der Waals surface area contributed by atoms with E-state index >= 15 is 0 Å². The molecule has 3 rings (SSSR count). The molecule has 30 heavy (non-hydrogen) atoms. The Bertz CT molecular complexity index is 1030. The summed E-state index contributed by atoms with van der Waals surface area (Å²) in [7, 11) is 3.13. The standard InChI is InChI=1S/C22H25N3O5/c1-13-6-9-18(14(2)10-13)29-15(3)22(26)23-12-20-24-21(25-30-20)17-8-7-16(27-4)11-19(17)28-5/h6-11,15H,12H2,1-5H3,(H,23,26)/t15-/m0/s1. The molecule has 8 nitrogen and oxygen atoms in total. The Hall–Kier alpha value is -3.55. The molecule has 0 spiro atoms. The molecule has 0 saturated heterocycles. The summed E-state index contributed by atoms with van der Waals surface area (Å²) < 4.78 is 21.6. The van der Waals surface area contributed by atoms with Gasteiger partial charge in [0, 0.05) is 6.07 Å². The largest absolute Gasteiger partial charge is 0.497 e. The molecular weight excluding hydrogens is 386 g/mol. The van der Waals surface area contributed by atoms with Crippen LogP contribution in [0.15, 0.2) is 40.9 Å². The van der Waals surface area contributed by atoms with Crippen molar-refractivity contribution in [3.8, 4) is 28.6 Å². The zero-order chi connectivity index (χ0) is 21.7. The number of rotatable bonds is 8. The monoisotopic (exact) mass is 411 g/mol. The van der Waals surface area contributed by atoms with E-state index in [1.54, 1.807) is 39.3 Å². The summed E-state index contributed by atoms with van der Waals surface area (Å²) in [5.74, 6) is 2.24. The van der Waals surface area contributed by atoms with E-state index in [1.165, 1.54) is 0 Å². The van der Waals surface area contributed by atoms with E-state index in [9.17, 15) is 4.79 Å². The second-order valence-electron chi connectivity index (χ2n) is 6.82. The second-order valence-corrected chi connectivity index (χ2v) is 6.82. The summed E-state index contributed by atoms with van der Waals surface area (Å²) in [5, 5.41) is 6.72. The van der Waals surface area contributed by atoms with Crippen LogP contribution in [0.4, 0.5) is 0 Å².